The van der Waals surface area contributed by atoms with Gasteiger partial charge in [0, 0.05) is 11.6 Å². The van der Waals surface area contributed by atoms with Crippen molar-refractivity contribution in [2.45, 2.75) is 13.0 Å². The Morgan fingerprint density at radius 2 is 1.62 bits per heavy atom. The molecule has 0 aliphatic rings. The molecular weight excluding hydrogens is 266 g/mol. The van der Waals surface area contributed by atoms with Gasteiger partial charge in [0.2, 0.25) is 0 Å². The van der Waals surface area contributed by atoms with E-state index in [1.165, 1.54) is 5.56 Å². The topological polar surface area (TPSA) is 53.7 Å². The summed E-state index contributed by atoms with van der Waals surface area (Å²) in [5.41, 5.74) is 8.29. The van der Waals surface area contributed by atoms with Crippen molar-refractivity contribution in [3.8, 4) is 17.2 Å². The summed E-state index contributed by atoms with van der Waals surface area (Å²) < 4.78 is 16.3. The Balaban J connectivity index is 2.05. The SMILES string of the molecule is COc1ccc(C(N)COc2ccc(C)cc2)c(OC)c1. The van der Waals surface area contributed by atoms with E-state index in [0.717, 1.165) is 17.1 Å². The van der Waals surface area contributed by atoms with Crippen LogP contribution in [0.25, 0.3) is 0 Å². The van der Waals surface area contributed by atoms with Crippen LogP contribution in [0.3, 0.4) is 0 Å². The highest BCUT2D eigenvalue weighted by Gasteiger charge is 2.13. The van der Waals surface area contributed by atoms with Crippen LogP contribution in [0.5, 0.6) is 17.2 Å². The molecule has 1 atom stereocenters. The van der Waals surface area contributed by atoms with Crippen molar-refractivity contribution < 1.29 is 14.2 Å². The summed E-state index contributed by atoms with van der Waals surface area (Å²) in [4.78, 5) is 0. The van der Waals surface area contributed by atoms with E-state index >= 15 is 0 Å². The number of aryl methyl sites for hydroxylation is 1. The second kappa shape index (κ2) is 6.99. The van der Waals surface area contributed by atoms with Crippen LogP contribution >= 0.6 is 0 Å². The molecule has 2 rings (SSSR count). The molecule has 0 heterocycles. The number of nitrogens with two attached hydrogens (primary N) is 1. The zero-order valence-electron chi connectivity index (χ0n) is 12.6. The Morgan fingerprint density at radius 3 is 2.24 bits per heavy atom. The largest absolute Gasteiger partial charge is 0.497 e. The molecule has 4 nitrogen and oxygen atoms in total. The predicted molar refractivity (Wildman–Crippen MR) is 83.1 cm³/mol. The van der Waals surface area contributed by atoms with Gasteiger partial charge in [0.15, 0.2) is 0 Å². The van der Waals surface area contributed by atoms with E-state index in [-0.39, 0.29) is 6.04 Å². The van der Waals surface area contributed by atoms with Crippen molar-refractivity contribution in [1.29, 1.82) is 0 Å². The number of ether oxygens (including phenoxy) is 3. The van der Waals surface area contributed by atoms with Gasteiger partial charge < -0.3 is 19.9 Å². The van der Waals surface area contributed by atoms with E-state index < -0.39 is 0 Å². The predicted octanol–water partition coefficient (Wildman–Crippen LogP) is 3.09. The first-order valence-electron chi connectivity index (χ1n) is 6.81. The van der Waals surface area contributed by atoms with Crippen LogP contribution in [0.15, 0.2) is 42.5 Å². The van der Waals surface area contributed by atoms with Crippen LogP contribution in [-0.4, -0.2) is 20.8 Å². The van der Waals surface area contributed by atoms with Crippen LogP contribution in [0.2, 0.25) is 0 Å². The van der Waals surface area contributed by atoms with Crippen LogP contribution in [0.1, 0.15) is 17.2 Å². The lowest BCUT2D eigenvalue weighted by atomic mass is 10.1. The number of benzene rings is 2. The Bertz CT molecular complexity index is 581. The minimum Gasteiger partial charge on any atom is -0.497 e. The third-order valence-corrected chi connectivity index (χ3v) is 3.29. The molecule has 0 spiro atoms. The molecule has 0 aliphatic carbocycles. The molecule has 0 radical (unpaired) electrons. The highest BCUT2D eigenvalue weighted by molar-refractivity contribution is 5.42. The fourth-order valence-electron chi connectivity index (χ4n) is 2.04. The second-order valence-corrected chi connectivity index (χ2v) is 4.84. The average molecular weight is 287 g/mol. The molecule has 2 aromatic rings. The van der Waals surface area contributed by atoms with Crippen LogP contribution in [-0.2, 0) is 0 Å². The molecular formula is C17H21NO3. The van der Waals surface area contributed by atoms with E-state index in [9.17, 15) is 0 Å². The molecule has 0 aromatic heterocycles. The highest BCUT2D eigenvalue weighted by Crippen LogP contribution is 2.28. The molecule has 0 amide bonds. The molecule has 112 valence electrons. The van der Waals surface area contributed by atoms with E-state index in [1.54, 1.807) is 14.2 Å². The fraction of sp³-hybridized carbons (Fsp3) is 0.294. The third-order valence-electron chi connectivity index (χ3n) is 3.29. The maximum absolute atomic E-state index is 6.19. The summed E-state index contributed by atoms with van der Waals surface area (Å²) in [5, 5.41) is 0. The summed E-state index contributed by atoms with van der Waals surface area (Å²) in [5.74, 6) is 2.25. The molecule has 0 saturated carbocycles. The first-order chi connectivity index (χ1) is 10.1. The first-order valence-corrected chi connectivity index (χ1v) is 6.81. The lowest BCUT2D eigenvalue weighted by molar-refractivity contribution is 0.286. The van der Waals surface area contributed by atoms with Crippen molar-refractivity contribution in [3.05, 3.63) is 53.6 Å². The molecule has 2 aromatic carbocycles. The van der Waals surface area contributed by atoms with Crippen molar-refractivity contribution in [3.63, 3.8) is 0 Å². The minimum absolute atomic E-state index is 0.271. The van der Waals surface area contributed by atoms with Gasteiger partial charge >= 0.3 is 0 Å². The number of rotatable bonds is 6. The van der Waals surface area contributed by atoms with E-state index in [0.29, 0.717) is 12.4 Å². The number of hydrogen-bond acceptors (Lipinski definition) is 4. The minimum atomic E-state index is -0.271. The quantitative estimate of drug-likeness (QED) is 0.887. The summed E-state index contributed by atoms with van der Waals surface area (Å²) in [6.07, 6.45) is 0. The van der Waals surface area contributed by atoms with Gasteiger partial charge in [-0.3, -0.25) is 0 Å². The van der Waals surface area contributed by atoms with Gasteiger partial charge in [-0.25, -0.2) is 0 Å². The number of methoxy groups -OCH3 is 2. The lowest BCUT2D eigenvalue weighted by Crippen LogP contribution is -2.19. The highest BCUT2D eigenvalue weighted by atomic mass is 16.5. The average Bonchev–Trinajstić information content (AvgIpc) is 2.53. The lowest BCUT2D eigenvalue weighted by Gasteiger charge is -2.17. The van der Waals surface area contributed by atoms with Crippen molar-refractivity contribution in [2.24, 2.45) is 5.73 Å². The van der Waals surface area contributed by atoms with Crippen molar-refractivity contribution in [1.82, 2.24) is 0 Å². The van der Waals surface area contributed by atoms with E-state index in [2.05, 4.69) is 0 Å². The van der Waals surface area contributed by atoms with Crippen molar-refractivity contribution in [2.75, 3.05) is 20.8 Å². The standard InChI is InChI=1S/C17H21NO3/c1-12-4-6-13(7-5-12)21-11-16(18)15-9-8-14(19-2)10-17(15)20-3/h4-10,16H,11,18H2,1-3H3. The summed E-state index contributed by atoms with van der Waals surface area (Å²) in [6.45, 7) is 2.42. The summed E-state index contributed by atoms with van der Waals surface area (Å²) in [7, 11) is 3.24. The van der Waals surface area contributed by atoms with Gasteiger partial charge in [0.25, 0.3) is 0 Å². The molecule has 4 heteroatoms. The molecule has 0 aliphatic heterocycles. The van der Waals surface area contributed by atoms with E-state index in [4.69, 9.17) is 19.9 Å². The molecule has 1 unspecified atom stereocenters. The normalized spacial score (nSPS) is 11.8. The summed E-state index contributed by atoms with van der Waals surface area (Å²) in [6, 6.07) is 13.2. The maximum atomic E-state index is 6.19. The van der Waals surface area contributed by atoms with Gasteiger partial charge in [0.05, 0.1) is 20.3 Å². The molecule has 2 N–H and O–H groups in total. The first kappa shape index (κ1) is 15.2. The Hall–Kier alpha value is -2.20. The Kier molecular flexibility index (Phi) is 5.06. The Morgan fingerprint density at radius 1 is 0.952 bits per heavy atom. The van der Waals surface area contributed by atoms with Gasteiger partial charge in [-0.1, -0.05) is 17.7 Å². The zero-order valence-corrected chi connectivity index (χ0v) is 12.6. The molecule has 0 bridgehead atoms. The van der Waals surface area contributed by atoms with Gasteiger partial charge in [-0.2, -0.15) is 0 Å². The fourth-order valence-corrected chi connectivity index (χ4v) is 2.04. The van der Waals surface area contributed by atoms with Crippen LogP contribution in [0, 0.1) is 6.92 Å². The van der Waals surface area contributed by atoms with Gasteiger partial charge in [0.1, 0.15) is 23.9 Å². The molecule has 0 fully saturated rings. The monoisotopic (exact) mass is 287 g/mol. The zero-order chi connectivity index (χ0) is 15.2. The van der Waals surface area contributed by atoms with Crippen molar-refractivity contribution >= 4 is 0 Å². The van der Waals surface area contributed by atoms with Gasteiger partial charge in [-0.05, 0) is 31.2 Å². The molecule has 21 heavy (non-hydrogen) atoms. The summed E-state index contributed by atoms with van der Waals surface area (Å²) >= 11 is 0. The second-order valence-electron chi connectivity index (χ2n) is 4.84. The van der Waals surface area contributed by atoms with Crippen LogP contribution in [0.4, 0.5) is 0 Å². The third kappa shape index (κ3) is 3.89. The maximum Gasteiger partial charge on any atom is 0.127 e. The van der Waals surface area contributed by atoms with E-state index in [1.807, 2.05) is 49.4 Å². The Labute approximate surface area is 125 Å². The smallest absolute Gasteiger partial charge is 0.127 e. The molecule has 0 saturated heterocycles. The van der Waals surface area contributed by atoms with Crippen LogP contribution < -0.4 is 19.9 Å². The van der Waals surface area contributed by atoms with Gasteiger partial charge in [-0.15, -0.1) is 0 Å². The number of hydrogen-bond donors (Lipinski definition) is 1.